The molecule has 2 aromatic rings. The number of ether oxygens (including phenoxy) is 1. The number of benzene rings is 1. The van der Waals surface area contributed by atoms with Crippen LogP contribution in [0.25, 0.3) is 0 Å². The summed E-state index contributed by atoms with van der Waals surface area (Å²) >= 11 is 0. The summed E-state index contributed by atoms with van der Waals surface area (Å²) in [5.74, 6) is 1.67. The fourth-order valence-corrected chi connectivity index (χ4v) is 4.63. The van der Waals surface area contributed by atoms with Crippen molar-refractivity contribution in [3.05, 3.63) is 53.7 Å². The highest BCUT2D eigenvalue weighted by atomic mass is 16.5. The second kappa shape index (κ2) is 8.77. The Morgan fingerprint density at radius 3 is 2.82 bits per heavy atom. The summed E-state index contributed by atoms with van der Waals surface area (Å²) in [6, 6.07) is 4.01. The van der Waals surface area contributed by atoms with E-state index in [1.54, 1.807) is 18.5 Å². The van der Waals surface area contributed by atoms with Crippen molar-refractivity contribution >= 4 is 29.7 Å². The molecule has 0 unspecified atom stereocenters. The summed E-state index contributed by atoms with van der Waals surface area (Å²) in [7, 11) is 0. The second-order valence-electron chi connectivity index (χ2n) is 9.20. The third kappa shape index (κ3) is 4.30. The maximum Gasteiger partial charge on any atom is 0.261 e. The van der Waals surface area contributed by atoms with E-state index in [0.29, 0.717) is 17.4 Å². The Hall–Kier alpha value is -3.95. The Labute approximate surface area is 197 Å². The molecule has 34 heavy (non-hydrogen) atoms. The van der Waals surface area contributed by atoms with Crippen LogP contribution in [0.15, 0.2) is 51.6 Å². The molecule has 0 aliphatic carbocycles. The van der Waals surface area contributed by atoms with Crippen molar-refractivity contribution in [2.75, 3.05) is 23.3 Å². The number of amides is 1. The number of piperidine rings is 1. The molecule has 10 heteroatoms. The molecule has 1 amide bonds. The van der Waals surface area contributed by atoms with Gasteiger partial charge in [-0.2, -0.15) is 0 Å². The summed E-state index contributed by atoms with van der Waals surface area (Å²) < 4.78 is 11.6. The van der Waals surface area contributed by atoms with Crippen LogP contribution in [0.4, 0.5) is 11.4 Å². The molecule has 1 aromatic heterocycles. The maximum atomic E-state index is 13.2. The minimum atomic E-state index is -0.398. The third-order valence-electron chi connectivity index (χ3n) is 6.24. The molecule has 4 heterocycles. The molecular formula is C24H27N7O3. The smallest absolute Gasteiger partial charge is 0.261 e. The highest BCUT2D eigenvalue weighted by Gasteiger charge is 2.33. The quantitative estimate of drug-likeness (QED) is 0.461. The van der Waals surface area contributed by atoms with E-state index in [9.17, 15) is 4.79 Å². The molecule has 176 valence electrons. The lowest BCUT2D eigenvalue weighted by Crippen LogP contribution is -2.34. The number of aliphatic imine (C=N–C) groups is 1. The first-order chi connectivity index (χ1) is 16.4. The Kier molecular flexibility index (Phi) is 5.64. The van der Waals surface area contributed by atoms with E-state index in [-0.39, 0.29) is 17.1 Å². The topological polar surface area (TPSA) is 129 Å². The molecule has 1 aromatic carbocycles. The monoisotopic (exact) mass is 461 g/mol. The Bertz CT molecular complexity index is 1190. The van der Waals surface area contributed by atoms with Crippen molar-refractivity contribution in [2.24, 2.45) is 4.99 Å². The van der Waals surface area contributed by atoms with Crippen molar-refractivity contribution in [3.8, 4) is 5.75 Å². The molecule has 0 radical (unpaired) electrons. The van der Waals surface area contributed by atoms with Gasteiger partial charge in [0, 0.05) is 55.7 Å². The zero-order chi connectivity index (χ0) is 23.7. The highest BCUT2D eigenvalue weighted by molar-refractivity contribution is 6.18. The molecule has 3 aliphatic rings. The first-order valence-electron chi connectivity index (χ1n) is 11.3. The Morgan fingerprint density at radius 2 is 2.15 bits per heavy atom. The number of carbonyl (C=O) groups excluding carboxylic acids is 1. The Balaban J connectivity index is 1.43. The number of hydrogen-bond acceptors (Lipinski definition) is 9. The van der Waals surface area contributed by atoms with Gasteiger partial charge in [0.05, 0.1) is 16.9 Å². The van der Waals surface area contributed by atoms with Crippen molar-refractivity contribution in [3.63, 3.8) is 0 Å². The van der Waals surface area contributed by atoms with Crippen LogP contribution in [0.2, 0.25) is 0 Å². The predicted molar refractivity (Wildman–Crippen MR) is 129 cm³/mol. The number of nitrogens with one attached hydrogen (secondary N) is 3. The van der Waals surface area contributed by atoms with Gasteiger partial charge >= 0.3 is 0 Å². The summed E-state index contributed by atoms with van der Waals surface area (Å²) in [6.45, 7) is 5.65. The number of anilines is 2. The average Bonchev–Trinajstić information content (AvgIpc) is 3.46. The number of carbonyl (C=O) groups is 1. The lowest BCUT2D eigenvalue weighted by molar-refractivity contribution is -0.112. The van der Waals surface area contributed by atoms with Gasteiger partial charge in [-0.1, -0.05) is 0 Å². The fraction of sp³-hybridized carbons (Fsp3) is 0.375. The molecule has 1 saturated heterocycles. The standard InChI is InChI=1S/C24H27N7O3/c1-24(2)12-16-10-18(29-22(32)17(13-25)21-26-6-3-7-27-21)19(11-20(16)34-24)31-8-4-15(5-9-31)23-30-28-14-33-23/h3,6-7,10-11,13-15,25-26H,4-5,8-9,12H2,1-2H3,(H,29,32)/b21-17-,25-13?. The molecule has 10 nitrogen and oxygen atoms in total. The van der Waals surface area contributed by atoms with E-state index in [1.807, 2.05) is 12.1 Å². The molecule has 3 N–H and O–H groups in total. The summed E-state index contributed by atoms with van der Waals surface area (Å²) in [6.07, 6.45) is 9.83. The van der Waals surface area contributed by atoms with Crippen LogP contribution < -0.4 is 20.3 Å². The third-order valence-corrected chi connectivity index (χ3v) is 6.24. The van der Waals surface area contributed by atoms with Crippen LogP contribution >= 0.6 is 0 Å². The van der Waals surface area contributed by atoms with Crippen molar-refractivity contribution < 1.29 is 13.9 Å². The minimum Gasteiger partial charge on any atom is -0.487 e. The van der Waals surface area contributed by atoms with E-state index >= 15 is 0 Å². The fourth-order valence-electron chi connectivity index (χ4n) is 4.63. The van der Waals surface area contributed by atoms with Gasteiger partial charge in [0.2, 0.25) is 12.3 Å². The molecular weight excluding hydrogens is 434 g/mol. The van der Waals surface area contributed by atoms with Crippen LogP contribution in [-0.4, -0.2) is 47.2 Å². The minimum absolute atomic E-state index is 0.152. The second-order valence-corrected chi connectivity index (χ2v) is 9.20. The van der Waals surface area contributed by atoms with Crippen LogP contribution in [0.3, 0.4) is 0 Å². The number of fused-ring (bicyclic) bond motifs is 1. The zero-order valence-corrected chi connectivity index (χ0v) is 19.2. The number of allylic oxidation sites excluding steroid dienone is 1. The molecule has 0 spiro atoms. The van der Waals surface area contributed by atoms with Gasteiger partial charge in [0.25, 0.3) is 5.91 Å². The van der Waals surface area contributed by atoms with Crippen molar-refractivity contribution in [1.29, 1.82) is 5.41 Å². The molecule has 5 rings (SSSR count). The lowest BCUT2D eigenvalue weighted by Gasteiger charge is -2.33. The summed E-state index contributed by atoms with van der Waals surface area (Å²) in [5.41, 5.74) is 2.48. The zero-order valence-electron chi connectivity index (χ0n) is 19.2. The van der Waals surface area contributed by atoms with Crippen LogP contribution in [0, 0.1) is 5.41 Å². The van der Waals surface area contributed by atoms with Crippen LogP contribution in [-0.2, 0) is 11.2 Å². The van der Waals surface area contributed by atoms with E-state index in [1.165, 1.54) is 6.39 Å². The van der Waals surface area contributed by atoms with Gasteiger partial charge < -0.3 is 30.1 Å². The van der Waals surface area contributed by atoms with Crippen molar-refractivity contribution in [1.82, 2.24) is 15.5 Å². The number of aromatic nitrogens is 2. The normalized spacial score (nSPS) is 20.4. The largest absolute Gasteiger partial charge is 0.487 e. The summed E-state index contributed by atoms with van der Waals surface area (Å²) in [4.78, 5) is 19.6. The van der Waals surface area contributed by atoms with Gasteiger partial charge in [0.1, 0.15) is 17.2 Å². The maximum absolute atomic E-state index is 13.2. The van der Waals surface area contributed by atoms with Gasteiger partial charge in [0.15, 0.2) is 0 Å². The molecule has 0 saturated carbocycles. The van der Waals surface area contributed by atoms with E-state index < -0.39 is 5.91 Å². The first-order valence-corrected chi connectivity index (χ1v) is 11.3. The van der Waals surface area contributed by atoms with Gasteiger partial charge in [-0.3, -0.25) is 4.79 Å². The van der Waals surface area contributed by atoms with Gasteiger partial charge in [-0.15, -0.1) is 10.2 Å². The van der Waals surface area contributed by atoms with Crippen LogP contribution in [0.5, 0.6) is 5.75 Å². The van der Waals surface area contributed by atoms with Gasteiger partial charge in [-0.05, 0) is 38.8 Å². The first kappa shape index (κ1) is 21.9. The van der Waals surface area contributed by atoms with Crippen LogP contribution in [0.1, 0.15) is 44.1 Å². The number of hydrogen-bond donors (Lipinski definition) is 3. The predicted octanol–water partition coefficient (Wildman–Crippen LogP) is 3.15. The van der Waals surface area contributed by atoms with E-state index in [2.05, 4.69) is 44.6 Å². The highest BCUT2D eigenvalue weighted by Crippen LogP contribution is 2.43. The summed E-state index contributed by atoms with van der Waals surface area (Å²) in [5, 5.41) is 21.6. The SMILES string of the molecule is CC1(C)Cc2cc(NC(=O)/C(C=N)=C3\N=CC=CN3)c(N3CCC(c4nnco4)CC3)cc2O1. The van der Waals surface area contributed by atoms with Gasteiger partial charge in [-0.25, -0.2) is 4.99 Å². The van der Waals surface area contributed by atoms with E-state index in [4.69, 9.17) is 14.6 Å². The van der Waals surface area contributed by atoms with E-state index in [0.717, 1.165) is 55.6 Å². The average molecular weight is 462 g/mol. The number of nitrogens with zero attached hydrogens (tertiary/aromatic N) is 4. The lowest BCUT2D eigenvalue weighted by atomic mass is 9.95. The Morgan fingerprint density at radius 1 is 1.32 bits per heavy atom. The molecule has 1 fully saturated rings. The molecule has 0 atom stereocenters. The van der Waals surface area contributed by atoms with Crippen molar-refractivity contribution in [2.45, 2.75) is 44.6 Å². The molecule has 0 bridgehead atoms. The molecule has 3 aliphatic heterocycles. The number of rotatable bonds is 5.